The van der Waals surface area contributed by atoms with Gasteiger partial charge in [-0.05, 0) is 125 Å². The number of nitrogens with zero attached hydrogens (tertiary/aromatic N) is 5. The van der Waals surface area contributed by atoms with E-state index in [2.05, 4.69) is 39.4 Å². The Bertz CT molecular complexity index is 2140. The SMILES string of the molecule is COc1cc(-c2cn(C)c(=O)c(C)c2C)cc(OC)c1CN1CCC(C2CCN(Cc3ccc4c(c3)n(C)c(=O)n4C3CCC(=O)NC3=O)CC2)CC1. The molecule has 7 rings (SSSR count). The summed E-state index contributed by atoms with van der Waals surface area (Å²) in [6, 6.07) is 9.56. The first kappa shape index (κ1) is 36.7. The summed E-state index contributed by atoms with van der Waals surface area (Å²) in [5.41, 5.74) is 7.18. The van der Waals surface area contributed by atoms with Crippen molar-refractivity contribution in [2.75, 3.05) is 40.4 Å². The lowest BCUT2D eigenvalue weighted by Crippen LogP contribution is -2.44. The number of likely N-dealkylation sites (tertiary alicyclic amines) is 2. The molecule has 3 aliphatic rings. The van der Waals surface area contributed by atoms with Gasteiger partial charge in [-0.25, -0.2) is 4.79 Å². The summed E-state index contributed by atoms with van der Waals surface area (Å²) in [5, 5.41) is 2.38. The van der Waals surface area contributed by atoms with E-state index in [-0.39, 0.29) is 23.6 Å². The maximum Gasteiger partial charge on any atom is 0.329 e. The first-order chi connectivity index (χ1) is 25.5. The highest BCUT2D eigenvalue weighted by atomic mass is 16.5. The highest BCUT2D eigenvalue weighted by Crippen LogP contribution is 2.39. The van der Waals surface area contributed by atoms with Crippen LogP contribution in [0.15, 0.2) is 46.1 Å². The second-order valence-electron chi connectivity index (χ2n) is 15.3. The van der Waals surface area contributed by atoms with Crippen LogP contribution in [-0.4, -0.2) is 75.7 Å². The molecule has 4 aromatic rings. The topological polar surface area (TPSA) is 120 Å². The Morgan fingerprint density at radius 3 is 1.94 bits per heavy atom. The van der Waals surface area contributed by atoms with Gasteiger partial charge in [0, 0.05) is 50.9 Å². The molecular formula is C41H52N6O6. The number of nitrogens with one attached hydrogen (secondary N) is 1. The normalized spacial score (nSPS) is 19.5. The fourth-order valence-electron chi connectivity index (χ4n) is 8.95. The molecule has 0 bridgehead atoms. The van der Waals surface area contributed by atoms with Crippen molar-refractivity contribution in [2.45, 2.75) is 71.5 Å². The molecule has 12 heteroatoms. The standard InChI is InChI=1S/C41H52N6O6/c1-25-26(2)40(50)43(3)23-31(25)30-20-36(52-5)32(37(21-30)53-6)24-46-17-13-29(14-18-46)28-11-15-45(16-12-28)22-27-7-8-33-35(19-27)44(4)41(51)47(33)34-9-10-38(48)42-39(34)49/h7-8,19-21,23,28-29,34H,9-18,22,24H2,1-6H3,(H,42,48,49). The number of pyridine rings is 1. The van der Waals surface area contributed by atoms with Crippen LogP contribution in [0.2, 0.25) is 0 Å². The number of ether oxygens (including phenoxy) is 2. The van der Waals surface area contributed by atoms with Crippen molar-refractivity contribution in [3.05, 3.63) is 79.6 Å². The largest absolute Gasteiger partial charge is 0.496 e. The van der Waals surface area contributed by atoms with Gasteiger partial charge in [0.05, 0.1) is 30.8 Å². The number of benzene rings is 2. The van der Waals surface area contributed by atoms with Gasteiger partial charge in [-0.1, -0.05) is 6.07 Å². The smallest absolute Gasteiger partial charge is 0.329 e. The van der Waals surface area contributed by atoms with E-state index >= 15 is 0 Å². The molecule has 0 spiro atoms. The van der Waals surface area contributed by atoms with Crippen LogP contribution in [0.4, 0.5) is 0 Å². The van der Waals surface area contributed by atoms with Crippen molar-refractivity contribution in [3.63, 3.8) is 0 Å². The summed E-state index contributed by atoms with van der Waals surface area (Å²) in [6.07, 6.45) is 7.18. The van der Waals surface area contributed by atoms with Gasteiger partial charge in [-0.2, -0.15) is 0 Å². The number of amides is 2. The van der Waals surface area contributed by atoms with Gasteiger partial charge < -0.3 is 14.0 Å². The molecule has 1 N–H and O–H groups in total. The van der Waals surface area contributed by atoms with Gasteiger partial charge in [0.2, 0.25) is 11.8 Å². The number of piperidine rings is 3. The highest BCUT2D eigenvalue weighted by Gasteiger charge is 2.33. The van der Waals surface area contributed by atoms with Gasteiger partial charge in [-0.3, -0.25) is 38.6 Å². The number of rotatable bonds is 9. The van der Waals surface area contributed by atoms with Gasteiger partial charge in [0.25, 0.3) is 5.56 Å². The maximum absolute atomic E-state index is 13.2. The first-order valence-corrected chi connectivity index (χ1v) is 18.9. The van der Waals surface area contributed by atoms with Crippen molar-refractivity contribution in [2.24, 2.45) is 25.9 Å². The van der Waals surface area contributed by atoms with E-state index < -0.39 is 11.9 Å². The number of fused-ring (bicyclic) bond motifs is 1. The summed E-state index contributed by atoms with van der Waals surface area (Å²) < 4.78 is 16.6. The number of hydrogen-bond donors (Lipinski definition) is 1. The highest BCUT2D eigenvalue weighted by molar-refractivity contribution is 6.00. The van der Waals surface area contributed by atoms with E-state index in [9.17, 15) is 19.2 Å². The van der Waals surface area contributed by atoms with Gasteiger partial charge in [-0.15, -0.1) is 0 Å². The maximum atomic E-state index is 13.2. The van der Waals surface area contributed by atoms with E-state index in [1.807, 2.05) is 26.1 Å². The summed E-state index contributed by atoms with van der Waals surface area (Å²) in [5.74, 6) is 2.33. The predicted octanol–water partition coefficient (Wildman–Crippen LogP) is 4.44. The lowest BCUT2D eigenvalue weighted by molar-refractivity contribution is -0.135. The molecule has 2 amide bonds. The van der Waals surface area contributed by atoms with Crippen molar-refractivity contribution in [3.8, 4) is 22.6 Å². The molecule has 2 aromatic heterocycles. The number of imide groups is 1. The third-order valence-electron chi connectivity index (χ3n) is 12.2. The summed E-state index contributed by atoms with van der Waals surface area (Å²) in [4.78, 5) is 55.0. The summed E-state index contributed by atoms with van der Waals surface area (Å²) in [7, 11) is 6.95. The molecule has 0 aliphatic carbocycles. The Kier molecular flexibility index (Phi) is 10.4. The molecule has 2 aromatic carbocycles. The number of carbonyl (C=O) groups is 2. The molecule has 0 radical (unpaired) electrons. The summed E-state index contributed by atoms with van der Waals surface area (Å²) in [6.45, 7) is 9.62. The molecule has 3 aliphatic heterocycles. The van der Waals surface area contributed by atoms with E-state index in [4.69, 9.17) is 9.47 Å². The average molecular weight is 725 g/mol. The third kappa shape index (κ3) is 7.06. The minimum absolute atomic E-state index is 0.0152. The number of aromatic nitrogens is 3. The molecule has 3 saturated heterocycles. The second kappa shape index (κ2) is 15.0. The second-order valence-corrected chi connectivity index (χ2v) is 15.3. The Balaban J connectivity index is 0.949. The van der Waals surface area contributed by atoms with Crippen LogP contribution in [0.25, 0.3) is 22.2 Å². The molecule has 3 fully saturated rings. The number of imidazole rings is 1. The number of hydrogen-bond acceptors (Lipinski definition) is 8. The first-order valence-electron chi connectivity index (χ1n) is 18.9. The molecule has 0 saturated carbocycles. The van der Waals surface area contributed by atoms with Crippen molar-refractivity contribution in [1.29, 1.82) is 0 Å². The van der Waals surface area contributed by atoms with Crippen molar-refractivity contribution in [1.82, 2.24) is 28.8 Å². The van der Waals surface area contributed by atoms with Crippen LogP contribution in [0.1, 0.15) is 66.8 Å². The Hall–Kier alpha value is -4.68. The van der Waals surface area contributed by atoms with Crippen LogP contribution in [0.3, 0.4) is 0 Å². The van der Waals surface area contributed by atoms with Crippen LogP contribution in [-0.2, 0) is 36.8 Å². The minimum atomic E-state index is -0.675. The van der Waals surface area contributed by atoms with Crippen LogP contribution in [0.5, 0.6) is 11.5 Å². The lowest BCUT2D eigenvalue weighted by atomic mass is 9.78. The van der Waals surface area contributed by atoms with Gasteiger partial charge >= 0.3 is 5.69 Å². The molecular weight excluding hydrogens is 672 g/mol. The quantitative estimate of drug-likeness (QED) is 0.252. The zero-order valence-electron chi connectivity index (χ0n) is 31.9. The zero-order chi connectivity index (χ0) is 37.6. The summed E-state index contributed by atoms with van der Waals surface area (Å²) >= 11 is 0. The van der Waals surface area contributed by atoms with Gasteiger partial charge in [0.1, 0.15) is 17.5 Å². The zero-order valence-corrected chi connectivity index (χ0v) is 31.9. The van der Waals surface area contributed by atoms with Crippen molar-refractivity contribution < 1.29 is 19.1 Å². The molecule has 1 atom stereocenters. The fraction of sp³-hybridized carbons (Fsp3) is 0.512. The van der Waals surface area contributed by atoms with Crippen LogP contribution < -0.4 is 26.0 Å². The number of carbonyl (C=O) groups excluding carboxylic acids is 2. The van der Waals surface area contributed by atoms with E-state index in [0.29, 0.717) is 12.3 Å². The van der Waals surface area contributed by atoms with E-state index in [1.54, 1.807) is 42.0 Å². The third-order valence-corrected chi connectivity index (χ3v) is 12.2. The minimum Gasteiger partial charge on any atom is -0.496 e. The van der Waals surface area contributed by atoms with Crippen LogP contribution >= 0.6 is 0 Å². The Morgan fingerprint density at radius 2 is 1.36 bits per heavy atom. The van der Waals surface area contributed by atoms with Crippen LogP contribution in [0, 0.1) is 25.7 Å². The Labute approximate surface area is 310 Å². The monoisotopic (exact) mass is 724 g/mol. The average Bonchev–Trinajstić information content (AvgIpc) is 3.40. The van der Waals surface area contributed by atoms with E-state index in [1.165, 1.54) is 25.7 Å². The fourth-order valence-corrected chi connectivity index (χ4v) is 8.95. The van der Waals surface area contributed by atoms with Gasteiger partial charge in [0.15, 0.2) is 0 Å². The van der Waals surface area contributed by atoms with E-state index in [0.717, 1.165) is 101 Å². The molecule has 1 unspecified atom stereocenters. The molecule has 53 heavy (non-hydrogen) atoms. The number of methoxy groups -OCH3 is 2. The molecule has 282 valence electrons. The lowest BCUT2D eigenvalue weighted by Gasteiger charge is -2.40. The molecule has 5 heterocycles. The van der Waals surface area contributed by atoms with Crippen molar-refractivity contribution >= 4 is 22.8 Å². The Morgan fingerprint density at radius 1 is 0.755 bits per heavy atom. The predicted molar refractivity (Wildman–Crippen MR) is 204 cm³/mol. The molecule has 12 nitrogen and oxygen atoms in total. The number of aryl methyl sites for hydroxylation is 2.